The first-order chi connectivity index (χ1) is 13.9. The Hall–Kier alpha value is -1.84. The van der Waals surface area contributed by atoms with Crippen LogP contribution in [0.15, 0.2) is 24.3 Å². The second-order valence-corrected chi connectivity index (χ2v) is 11.7. The molecule has 2 aliphatic carbocycles. The van der Waals surface area contributed by atoms with Crippen molar-refractivity contribution in [3.63, 3.8) is 0 Å². The number of benzene rings is 1. The van der Waals surface area contributed by atoms with Gasteiger partial charge in [-0.05, 0) is 79.4 Å². The van der Waals surface area contributed by atoms with Gasteiger partial charge in [-0.25, -0.2) is 0 Å². The Kier molecular flexibility index (Phi) is 6.64. The van der Waals surface area contributed by atoms with E-state index in [9.17, 15) is 9.59 Å². The van der Waals surface area contributed by atoms with Crippen LogP contribution in [0.2, 0.25) is 0 Å². The van der Waals surface area contributed by atoms with Crippen molar-refractivity contribution in [3.05, 3.63) is 35.4 Å². The van der Waals surface area contributed by atoms with Crippen LogP contribution >= 0.6 is 0 Å². The van der Waals surface area contributed by atoms with E-state index in [-0.39, 0.29) is 34.7 Å². The Bertz CT molecular complexity index is 722. The lowest BCUT2D eigenvalue weighted by Gasteiger charge is -2.39. The normalized spacial score (nSPS) is 30.3. The Labute approximate surface area is 182 Å². The number of nitrogens with one attached hydrogen (secondary N) is 2. The van der Waals surface area contributed by atoms with E-state index in [2.05, 4.69) is 52.2 Å². The van der Waals surface area contributed by atoms with Gasteiger partial charge in [0.15, 0.2) is 0 Å². The first-order valence-corrected chi connectivity index (χ1v) is 11.6. The minimum absolute atomic E-state index is 0.0769. The lowest BCUT2D eigenvalue weighted by Crippen LogP contribution is -2.43. The van der Waals surface area contributed by atoms with Crippen molar-refractivity contribution in [1.29, 1.82) is 0 Å². The van der Waals surface area contributed by atoms with Crippen molar-refractivity contribution in [2.45, 2.75) is 92.2 Å². The summed E-state index contributed by atoms with van der Waals surface area (Å²) in [7, 11) is 0. The number of carbonyl (C=O) groups is 2. The van der Waals surface area contributed by atoms with E-state index in [1.165, 1.54) is 12.8 Å². The van der Waals surface area contributed by atoms with E-state index in [0.29, 0.717) is 23.0 Å². The molecule has 3 rings (SSSR count). The number of rotatable bonds is 4. The highest BCUT2D eigenvalue weighted by Gasteiger charge is 2.34. The fraction of sp³-hybridized carbons (Fsp3) is 0.692. The second-order valence-electron chi connectivity index (χ2n) is 11.7. The molecule has 0 saturated heterocycles. The lowest BCUT2D eigenvalue weighted by molar-refractivity contribution is 0.0871. The molecule has 2 amide bonds. The van der Waals surface area contributed by atoms with Crippen molar-refractivity contribution in [1.82, 2.24) is 10.6 Å². The van der Waals surface area contributed by atoms with Crippen LogP contribution in [0.4, 0.5) is 0 Å². The molecule has 4 atom stereocenters. The van der Waals surface area contributed by atoms with Gasteiger partial charge >= 0.3 is 0 Å². The maximum Gasteiger partial charge on any atom is 0.251 e. The van der Waals surface area contributed by atoms with E-state index in [1.807, 2.05) is 6.07 Å². The third kappa shape index (κ3) is 6.09. The smallest absolute Gasteiger partial charge is 0.251 e. The van der Waals surface area contributed by atoms with Gasteiger partial charge in [0.1, 0.15) is 0 Å². The van der Waals surface area contributed by atoms with E-state index in [4.69, 9.17) is 0 Å². The molecular weight excluding hydrogens is 372 g/mol. The standard InChI is InChI=1S/C26H40N2O2/c1-17-10-21(15-25(3,4)13-17)27-23(29)19-8-7-9-20(12-19)24(30)28-22-11-18(2)14-26(5,6)16-22/h7-9,12,17-18,21-22H,10-11,13-16H2,1-6H3,(H,27,29)(H,28,30)/t17-,18+,21-,22-/m0/s1. The molecule has 2 aliphatic rings. The fourth-order valence-corrected chi connectivity index (χ4v) is 6.25. The summed E-state index contributed by atoms with van der Waals surface area (Å²) in [6.07, 6.45) is 6.44. The molecule has 0 radical (unpaired) electrons. The minimum atomic E-state index is -0.0769. The van der Waals surface area contributed by atoms with Crippen LogP contribution in [-0.2, 0) is 0 Å². The number of carbonyl (C=O) groups excluding carboxylic acids is 2. The van der Waals surface area contributed by atoms with Crippen LogP contribution in [0, 0.1) is 22.7 Å². The topological polar surface area (TPSA) is 58.2 Å². The van der Waals surface area contributed by atoms with Crippen LogP contribution < -0.4 is 10.6 Å². The third-order valence-electron chi connectivity index (χ3n) is 6.83. The van der Waals surface area contributed by atoms with Gasteiger partial charge in [-0.2, -0.15) is 0 Å². The highest BCUT2D eigenvalue weighted by atomic mass is 16.2. The van der Waals surface area contributed by atoms with Crippen LogP contribution in [0.3, 0.4) is 0 Å². The summed E-state index contributed by atoms with van der Waals surface area (Å²) >= 11 is 0. The Balaban J connectivity index is 1.64. The molecule has 1 aromatic rings. The van der Waals surface area contributed by atoms with Crippen molar-refractivity contribution >= 4 is 11.8 Å². The number of hydrogen-bond acceptors (Lipinski definition) is 2. The van der Waals surface area contributed by atoms with E-state index in [0.717, 1.165) is 25.7 Å². The summed E-state index contributed by atoms with van der Waals surface area (Å²) in [6.45, 7) is 13.6. The summed E-state index contributed by atoms with van der Waals surface area (Å²) in [5.74, 6) is 1.07. The predicted octanol–water partition coefficient (Wildman–Crippen LogP) is 5.58. The van der Waals surface area contributed by atoms with Crippen LogP contribution in [0.25, 0.3) is 0 Å². The first-order valence-electron chi connectivity index (χ1n) is 11.6. The van der Waals surface area contributed by atoms with E-state index >= 15 is 0 Å². The van der Waals surface area contributed by atoms with Crippen LogP contribution in [0.1, 0.15) is 101 Å². The summed E-state index contributed by atoms with van der Waals surface area (Å²) in [5, 5.41) is 6.43. The van der Waals surface area contributed by atoms with E-state index in [1.54, 1.807) is 18.2 Å². The minimum Gasteiger partial charge on any atom is -0.349 e. The number of amides is 2. The van der Waals surface area contributed by atoms with Crippen molar-refractivity contribution in [2.24, 2.45) is 22.7 Å². The summed E-state index contributed by atoms with van der Waals surface area (Å²) in [6, 6.07) is 7.54. The zero-order chi connectivity index (χ0) is 22.1. The molecule has 30 heavy (non-hydrogen) atoms. The zero-order valence-electron chi connectivity index (χ0n) is 19.7. The molecular formula is C26H40N2O2. The molecule has 0 aliphatic heterocycles. The summed E-state index contributed by atoms with van der Waals surface area (Å²) in [5.41, 5.74) is 1.64. The van der Waals surface area contributed by atoms with Crippen molar-refractivity contribution in [2.75, 3.05) is 0 Å². The molecule has 0 heterocycles. The van der Waals surface area contributed by atoms with Gasteiger partial charge in [-0.15, -0.1) is 0 Å². The third-order valence-corrected chi connectivity index (χ3v) is 6.83. The Morgan fingerprint density at radius 2 is 1.17 bits per heavy atom. The molecule has 2 fully saturated rings. The van der Waals surface area contributed by atoms with Gasteiger partial charge in [-0.3, -0.25) is 9.59 Å². The first kappa shape index (κ1) is 22.8. The maximum absolute atomic E-state index is 12.9. The van der Waals surface area contributed by atoms with Crippen LogP contribution in [-0.4, -0.2) is 23.9 Å². The summed E-state index contributed by atoms with van der Waals surface area (Å²) < 4.78 is 0. The predicted molar refractivity (Wildman–Crippen MR) is 123 cm³/mol. The Morgan fingerprint density at radius 3 is 1.53 bits per heavy atom. The SMILES string of the molecule is C[C@@H]1C[C@H](NC(=O)c2cccc(C(=O)N[C@H]3C[C@H](C)CC(C)(C)C3)c2)CC(C)(C)C1. The van der Waals surface area contributed by atoms with Crippen molar-refractivity contribution < 1.29 is 9.59 Å². The quantitative estimate of drug-likeness (QED) is 0.678. The highest BCUT2D eigenvalue weighted by molar-refractivity contribution is 5.99. The van der Waals surface area contributed by atoms with Gasteiger partial charge in [0.05, 0.1) is 0 Å². The molecule has 0 aromatic heterocycles. The zero-order valence-corrected chi connectivity index (χ0v) is 19.7. The van der Waals surface area contributed by atoms with Gasteiger partial charge < -0.3 is 10.6 Å². The summed E-state index contributed by atoms with van der Waals surface area (Å²) in [4.78, 5) is 25.8. The van der Waals surface area contributed by atoms with E-state index < -0.39 is 0 Å². The molecule has 4 nitrogen and oxygen atoms in total. The maximum atomic E-state index is 12.9. The van der Waals surface area contributed by atoms with Gasteiger partial charge in [0.2, 0.25) is 0 Å². The molecule has 4 heteroatoms. The fourth-order valence-electron chi connectivity index (χ4n) is 6.25. The second kappa shape index (κ2) is 8.72. The monoisotopic (exact) mass is 412 g/mol. The molecule has 0 spiro atoms. The highest BCUT2D eigenvalue weighted by Crippen LogP contribution is 2.39. The Morgan fingerprint density at radius 1 is 0.767 bits per heavy atom. The molecule has 2 N–H and O–H groups in total. The molecule has 1 aromatic carbocycles. The molecule has 0 bridgehead atoms. The van der Waals surface area contributed by atoms with Crippen molar-refractivity contribution in [3.8, 4) is 0 Å². The molecule has 0 unspecified atom stereocenters. The van der Waals surface area contributed by atoms with Gasteiger partial charge in [0.25, 0.3) is 11.8 Å². The lowest BCUT2D eigenvalue weighted by atomic mass is 9.70. The van der Waals surface area contributed by atoms with Gasteiger partial charge in [0, 0.05) is 23.2 Å². The molecule has 166 valence electrons. The van der Waals surface area contributed by atoms with Gasteiger partial charge in [-0.1, -0.05) is 47.6 Å². The molecule has 2 saturated carbocycles. The van der Waals surface area contributed by atoms with Crippen LogP contribution in [0.5, 0.6) is 0 Å². The largest absolute Gasteiger partial charge is 0.349 e. The number of hydrogen-bond donors (Lipinski definition) is 2. The average Bonchev–Trinajstić information content (AvgIpc) is 2.58. The average molecular weight is 413 g/mol.